The Morgan fingerprint density at radius 3 is 2.71 bits per heavy atom. The third kappa shape index (κ3) is 6.17. The van der Waals surface area contributed by atoms with E-state index in [1.807, 2.05) is 12.1 Å². The lowest BCUT2D eigenvalue weighted by atomic mass is 9.86. The number of fused-ring (bicyclic) bond motifs is 2. The summed E-state index contributed by atoms with van der Waals surface area (Å²) in [5.74, 6) is 0.660. The molecule has 6 rings (SSSR count). The standard InChI is InChI=1S/C34H40ClN7O3/c1-5-30(43)41-15-14-40(17-25(41)12-13-36)32-26-16-23(2)42(29-11-7-9-24-8-6-10-27(35)31(24)29)18-28(26)37-33(38-32)45-22-34(19-39(3)4)20-44-21-34/h5-11,23,25H,1,12,14-22H2,2-4H3/t23-,25?/m0/s1. The Hall–Kier alpha value is -3.91. The minimum Gasteiger partial charge on any atom is -0.463 e. The van der Waals surface area contributed by atoms with Gasteiger partial charge in [0.15, 0.2) is 0 Å². The van der Waals surface area contributed by atoms with Crippen LogP contribution in [0.25, 0.3) is 10.8 Å². The second-order valence-corrected chi connectivity index (χ2v) is 13.2. The molecule has 0 bridgehead atoms. The fourth-order valence-corrected chi connectivity index (χ4v) is 7.24. The average molecular weight is 630 g/mol. The summed E-state index contributed by atoms with van der Waals surface area (Å²) in [6.07, 6.45) is 2.27. The van der Waals surface area contributed by atoms with E-state index in [9.17, 15) is 10.1 Å². The van der Waals surface area contributed by atoms with Gasteiger partial charge < -0.3 is 29.1 Å². The first-order chi connectivity index (χ1) is 21.7. The molecule has 3 aliphatic rings. The zero-order chi connectivity index (χ0) is 31.7. The third-order valence-electron chi connectivity index (χ3n) is 9.09. The van der Waals surface area contributed by atoms with Crippen molar-refractivity contribution < 1.29 is 14.3 Å². The number of aromatic nitrogens is 2. The minimum absolute atomic E-state index is 0.113. The zero-order valence-corrected chi connectivity index (χ0v) is 27.0. The van der Waals surface area contributed by atoms with Crippen molar-refractivity contribution in [3.63, 3.8) is 0 Å². The van der Waals surface area contributed by atoms with Gasteiger partial charge in [0.05, 0.1) is 54.4 Å². The van der Waals surface area contributed by atoms with Crippen LogP contribution in [0, 0.1) is 16.7 Å². The van der Waals surface area contributed by atoms with E-state index in [-0.39, 0.29) is 29.8 Å². The molecule has 3 aliphatic heterocycles. The predicted octanol–water partition coefficient (Wildman–Crippen LogP) is 4.31. The van der Waals surface area contributed by atoms with Gasteiger partial charge in [0.1, 0.15) is 12.4 Å². The first-order valence-electron chi connectivity index (χ1n) is 15.5. The van der Waals surface area contributed by atoms with E-state index in [1.54, 1.807) is 4.90 Å². The lowest BCUT2D eigenvalue weighted by molar-refractivity contribution is -0.140. The molecule has 2 fully saturated rings. The molecule has 0 aliphatic carbocycles. The van der Waals surface area contributed by atoms with Crippen LogP contribution in [0.4, 0.5) is 11.5 Å². The van der Waals surface area contributed by atoms with Crippen LogP contribution >= 0.6 is 11.6 Å². The lowest BCUT2D eigenvalue weighted by Crippen LogP contribution is -2.55. The molecule has 10 nitrogen and oxygen atoms in total. The highest BCUT2D eigenvalue weighted by Gasteiger charge is 2.41. The first kappa shape index (κ1) is 31.1. The van der Waals surface area contributed by atoms with Gasteiger partial charge in [0, 0.05) is 48.9 Å². The summed E-state index contributed by atoms with van der Waals surface area (Å²) in [5, 5.41) is 12.4. The van der Waals surface area contributed by atoms with Gasteiger partial charge >= 0.3 is 6.01 Å². The van der Waals surface area contributed by atoms with Crippen LogP contribution in [0.2, 0.25) is 5.02 Å². The second-order valence-electron chi connectivity index (χ2n) is 12.8. The Balaban J connectivity index is 1.37. The van der Waals surface area contributed by atoms with E-state index in [1.165, 1.54) is 6.08 Å². The molecule has 0 radical (unpaired) electrons. The maximum absolute atomic E-state index is 12.6. The molecule has 3 aromatic rings. The number of hydrogen-bond acceptors (Lipinski definition) is 9. The second kappa shape index (κ2) is 12.8. The largest absolute Gasteiger partial charge is 0.463 e. The van der Waals surface area contributed by atoms with E-state index >= 15 is 0 Å². The van der Waals surface area contributed by atoms with E-state index in [0.29, 0.717) is 52.0 Å². The van der Waals surface area contributed by atoms with Crippen molar-refractivity contribution in [3.8, 4) is 12.1 Å². The molecule has 0 spiro atoms. The maximum Gasteiger partial charge on any atom is 0.318 e. The Morgan fingerprint density at radius 1 is 1.24 bits per heavy atom. The highest BCUT2D eigenvalue weighted by molar-refractivity contribution is 6.36. The van der Waals surface area contributed by atoms with E-state index in [4.69, 9.17) is 31.0 Å². The van der Waals surface area contributed by atoms with Crippen molar-refractivity contribution in [1.29, 1.82) is 5.26 Å². The molecular weight excluding hydrogens is 590 g/mol. The summed E-state index contributed by atoms with van der Waals surface area (Å²) in [7, 11) is 4.11. The molecule has 0 N–H and O–H groups in total. The van der Waals surface area contributed by atoms with Crippen LogP contribution < -0.4 is 14.5 Å². The Labute approximate surface area is 269 Å². The normalized spacial score (nSPS) is 20.8. The summed E-state index contributed by atoms with van der Waals surface area (Å²) < 4.78 is 12.0. The maximum atomic E-state index is 12.6. The molecule has 0 saturated carbocycles. The minimum atomic E-state index is -0.268. The van der Waals surface area contributed by atoms with Crippen molar-refractivity contribution in [2.24, 2.45) is 5.41 Å². The number of rotatable bonds is 9. The number of carbonyl (C=O) groups excluding carboxylic acids is 1. The summed E-state index contributed by atoms with van der Waals surface area (Å²) >= 11 is 6.75. The van der Waals surface area contributed by atoms with Gasteiger partial charge in [-0.25, -0.2) is 0 Å². The fourth-order valence-electron chi connectivity index (χ4n) is 6.96. The van der Waals surface area contributed by atoms with Gasteiger partial charge in [-0.1, -0.05) is 42.4 Å². The number of benzene rings is 2. The number of hydrogen-bond donors (Lipinski definition) is 0. The molecule has 1 amide bonds. The summed E-state index contributed by atoms with van der Waals surface area (Å²) in [6, 6.07) is 14.7. The van der Waals surface area contributed by atoms with Gasteiger partial charge in [0.25, 0.3) is 0 Å². The summed E-state index contributed by atoms with van der Waals surface area (Å²) in [4.78, 5) is 31.1. The van der Waals surface area contributed by atoms with E-state index in [2.05, 4.69) is 72.6 Å². The number of piperazine rings is 1. The number of nitriles is 1. The van der Waals surface area contributed by atoms with Gasteiger partial charge in [-0.3, -0.25) is 4.79 Å². The average Bonchev–Trinajstić information content (AvgIpc) is 3.01. The van der Waals surface area contributed by atoms with Crippen molar-refractivity contribution in [2.75, 3.05) is 69.9 Å². The van der Waals surface area contributed by atoms with Crippen molar-refractivity contribution >= 4 is 39.8 Å². The van der Waals surface area contributed by atoms with Crippen LogP contribution in [0.3, 0.4) is 0 Å². The summed E-state index contributed by atoms with van der Waals surface area (Å²) in [5.41, 5.74) is 2.94. The molecule has 2 saturated heterocycles. The highest BCUT2D eigenvalue weighted by Crippen LogP contribution is 2.39. The SMILES string of the molecule is C=CC(=O)N1CCN(c2nc(OCC3(CN(C)C)COC3)nc3c2C[C@H](C)N(c2cccc4cccc(Cl)c24)C3)CC1CC#N. The van der Waals surface area contributed by atoms with Gasteiger partial charge in [-0.15, -0.1) is 0 Å². The van der Waals surface area contributed by atoms with Crippen LogP contribution in [0.5, 0.6) is 6.01 Å². The predicted molar refractivity (Wildman–Crippen MR) is 176 cm³/mol. The quantitative estimate of drug-likeness (QED) is 0.321. The lowest BCUT2D eigenvalue weighted by Gasteiger charge is -2.43. The smallest absolute Gasteiger partial charge is 0.318 e. The number of halogens is 1. The fraction of sp³-hybridized carbons (Fsp3) is 0.471. The van der Waals surface area contributed by atoms with Gasteiger partial charge in [-0.05, 0) is 51.0 Å². The molecule has 2 aromatic carbocycles. The number of ether oxygens (including phenoxy) is 2. The molecule has 236 valence electrons. The van der Waals surface area contributed by atoms with Crippen molar-refractivity contribution in [2.45, 2.75) is 38.4 Å². The first-order valence-corrected chi connectivity index (χ1v) is 15.8. The topological polar surface area (TPSA) is 98.1 Å². The van der Waals surface area contributed by atoms with Crippen LogP contribution in [0.1, 0.15) is 24.6 Å². The molecule has 1 aromatic heterocycles. The van der Waals surface area contributed by atoms with Crippen LogP contribution in [-0.4, -0.2) is 97.9 Å². The van der Waals surface area contributed by atoms with Crippen LogP contribution in [-0.2, 0) is 22.5 Å². The van der Waals surface area contributed by atoms with Crippen molar-refractivity contribution in [3.05, 3.63) is 65.3 Å². The van der Waals surface area contributed by atoms with Crippen LogP contribution in [0.15, 0.2) is 49.1 Å². The summed E-state index contributed by atoms with van der Waals surface area (Å²) in [6.45, 7) is 10.5. The molecule has 45 heavy (non-hydrogen) atoms. The molecular formula is C34H40ClN7O3. The van der Waals surface area contributed by atoms with Gasteiger partial charge in [-0.2, -0.15) is 15.2 Å². The Bertz CT molecular complexity index is 1630. The third-order valence-corrected chi connectivity index (χ3v) is 9.40. The Morgan fingerprint density at radius 2 is 2.02 bits per heavy atom. The Kier molecular flexibility index (Phi) is 8.87. The van der Waals surface area contributed by atoms with E-state index in [0.717, 1.165) is 51.5 Å². The molecule has 1 unspecified atom stereocenters. The number of carbonyl (C=O) groups is 1. The number of nitrogens with zero attached hydrogens (tertiary/aromatic N) is 7. The van der Waals surface area contributed by atoms with E-state index < -0.39 is 0 Å². The number of anilines is 2. The molecule has 4 heterocycles. The van der Waals surface area contributed by atoms with Crippen molar-refractivity contribution in [1.82, 2.24) is 19.8 Å². The number of amides is 1. The molecule has 2 atom stereocenters. The molecule has 11 heteroatoms. The highest BCUT2D eigenvalue weighted by atomic mass is 35.5. The zero-order valence-electron chi connectivity index (χ0n) is 26.2. The van der Waals surface area contributed by atoms with Gasteiger partial charge in [0.2, 0.25) is 5.91 Å². The monoisotopic (exact) mass is 629 g/mol.